The van der Waals surface area contributed by atoms with Crippen LogP contribution in [0.1, 0.15) is 5.56 Å². The van der Waals surface area contributed by atoms with Gasteiger partial charge in [0.05, 0.1) is 13.4 Å². The Balaban J connectivity index is 2.76. The van der Waals surface area contributed by atoms with E-state index in [2.05, 4.69) is 9.71 Å². The lowest BCUT2D eigenvalue weighted by Crippen LogP contribution is -2.21. The number of nitrogens with one attached hydrogen (secondary N) is 1. The van der Waals surface area contributed by atoms with Crippen LogP contribution in [0.5, 0.6) is 5.75 Å². The predicted molar refractivity (Wildman–Crippen MR) is 52.5 cm³/mol. The summed E-state index contributed by atoms with van der Waals surface area (Å²) in [7, 11) is -1.65. The standard InChI is InChI=1S/C8H12N2O3S/c1-13-8-3-4-9-5-7(8)6-10-14(2,11)12/h3-5,10H,6H2,1-2H3. The minimum Gasteiger partial charge on any atom is -0.496 e. The van der Waals surface area contributed by atoms with Crippen molar-refractivity contribution in [1.29, 1.82) is 0 Å². The second-order valence-electron chi connectivity index (χ2n) is 2.78. The zero-order valence-electron chi connectivity index (χ0n) is 8.02. The van der Waals surface area contributed by atoms with Crippen molar-refractivity contribution < 1.29 is 13.2 Å². The van der Waals surface area contributed by atoms with Gasteiger partial charge in [-0.05, 0) is 6.07 Å². The molecule has 0 aliphatic carbocycles. The van der Waals surface area contributed by atoms with Gasteiger partial charge in [-0.2, -0.15) is 0 Å². The van der Waals surface area contributed by atoms with Crippen LogP contribution in [0.4, 0.5) is 0 Å². The summed E-state index contributed by atoms with van der Waals surface area (Å²) in [5, 5.41) is 0. The van der Waals surface area contributed by atoms with Gasteiger partial charge in [-0.25, -0.2) is 13.1 Å². The summed E-state index contributed by atoms with van der Waals surface area (Å²) in [6.07, 6.45) is 4.26. The molecule has 0 saturated heterocycles. The van der Waals surface area contributed by atoms with E-state index in [1.165, 1.54) is 7.11 Å². The van der Waals surface area contributed by atoms with Crippen LogP contribution in [0.3, 0.4) is 0 Å². The lowest BCUT2D eigenvalue weighted by Gasteiger charge is -2.07. The summed E-state index contributed by atoms with van der Waals surface area (Å²) in [6.45, 7) is 0.190. The summed E-state index contributed by atoms with van der Waals surface area (Å²) >= 11 is 0. The summed E-state index contributed by atoms with van der Waals surface area (Å²) in [5.41, 5.74) is 0.709. The van der Waals surface area contributed by atoms with Crippen LogP contribution in [0.2, 0.25) is 0 Å². The maximum Gasteiger partial charge on any atom is 0.209 e. The van der Waals surface area contributed by atoms with Crippen molar-refractivity contribution in [3.8, 4) is 5.75 Å². The van der Waals surface area contributed by atoms with Crippen LogP contribution in [-0.4, -0.2) is 26.8 Å². The number of pyridine rings is 1. The first-order valence-corrected chi connectivity index (χ1v) is 5.83. The number of rotatable bonds is 4. The molecule has 14 heavy (non-hydrogen) atoms. The summed E-state index contributed by atoms with van der Waals surface area (Å²) in [5.74, 6) is 0.621. The fraction of sp³-hybridized carbons (Fsp3) is 0.375. The molecule has 5 nitrogen and oxygen atoms in total. The molecule has 0 radical (unpaired) electrons. The number of sulfonamides is 1. The molecule has 0 saturated carbocycles. The second-order valence-corrected chi connectivity index (χ2v) is 4.61. The highest BCUT2D eigenvalue weighted by Crippen LogP contribution is 2.15. The molecular weight excluding hydrogens is 204 g/mol. The molecule has 0 bridgehead atoms. The van der Waals surface area contributed by atoms with E-state index in [-0.39, 0.29) is 6.54 Å². The maximum absolute atomic E-state index is 10.8. The van der Waals surface area contributed by atoms with E-state index in [0.717, 1.165) is 6.26 Å². The Morgan fingerprint density at radius 1 is 1.57 bits per heavy atom. The first-order chi connectivity index (χ1) is 6.53. The molecule has 1 N–H and O–H groups in total. The maximum atomic E-state index is 10.8. The lowest BCUT2D eigenvalue weighted by atomic mass is 10.2. The Morgan fingerprint density at radius 2 is 2.29 bits per heavy atom. The minimum absolute atomic E-state index is 0.190. The molecule has 0 aliphatic heterocycles. The molecule has 1 aromatic heterocycles. The van der Waals surface area contributed by atoms with Crippen LogP contribution < -0.4 is 9.46 Å². The molecule has 0 atom stereocenters. The smallest absolute Gasteiger partial charge is 0.209 e. The Bertz CT molecular complexity index is 403. The van der Waals surface area contributed by atoms with Gasteiger partial charge >= 0.3 is 0 Å². The Kier molecular flexibility index (Phi) is 3.43. The van der Waals surface area contributed by atoms with Crippen LogP contribution in [0, 0.1) is 0 Å². The normalized spacial score (nSPS) is 11.3. The topological polar surface area (TPSA) is 68.3 Å². The van der Waals surface area contributed by atoms with E-state index in [1.807, 2.05) is 0 Å². The van der Waals surface area contributed by atoms with Gasteiger partial charge in [0.2, 0.25) is 10.0 Å². The summed E-state index contributed by atoms with van der Waals surface area (Å²) < 4.78 is 29.1. The first-order valence-electron chi connectivity index (χ1n) is 3.94. The third kappa shape index (κ3) is 3.31. The van der Waals surface area contributed by atoms with E-state index in [9.17, 15) is 8.42 Å². The molecular formula is C8H12N2O3S. The Morgan fingerprint density at radius 3 is 2.86 bits per heavy atom. The Labute approximate surface area is 83.2 Å². The van der Waals surface area contributed by atoms with Gasteiger partial charge in [-0.1, -0.05) is 0 Å². The number of hydrogen-bond donors (Lipinski definition) is 1. The van der Waals surface area contributed by atoms with Crippen molar-refractivity contribution in [2.45, 2.75) is 6.54 Å². The van der Waals surface area contributed by atoms with E-state index in [0.29, 0.717) is 11.3 Å². The van der Waals surface area contributed by atoms with E-state index in [4.69, 9.17) is 4.74 Å². The number of methoxy groups -OCH3 is 1. The summed E-state index contributed by atoms with van der Waals surface area (Å²) in [4.78, 5) is 3.88. The fourth-order valence-corrected chi connectivity index (χ4v) is 1.37. The molecule has 0 aromatic carbocycles. The van der Waals surface area contributed by atoms with E-state index < -0.39 is 10.0 Å². The van der Waals surface area contributed by atoms with Gasteiger partial charge in [0.15, 0.2) is 0 Å². The number of aromatic nitrogens is 1. The van der Waals surface area contributed by atoms with E-state index >= 15 is 0 Å². The SMILES string of the molecule is COc1ccncc1CNS(C)(=O)=O. The van der Waals surface area contributed by atoms with Gasteiger partial charge in [-0.15, -0.1) is 0 Å². The van der Waals surface area contributed by atoms with Gasteiger partial charge in [-0.3, -0.25) is 4.98 Å². The zero-order valence-corrected chi connectivity index (χ0v) is 8.84. The predicted octanol–water partition coefficient (Wildman–Crippen LogP) is 0.139. The van der Waals surface area contributed by atoms with Crippen molar-refractivity contribution >= 4 is 10.0 Å². The average molecular weight is 216 g/mol. The van der Waals surface area contributed by atoms with Crippen LogP contribution in [0.15, 0.2) is 18.5 Å². The molecule has 1 rings (SSSR count). The minimum atomic E-state index is -3.18. The average Bonchev–Trinajstić information content (AvgIpc) is 2.14. The molecule has 0 unspecified atom stereocenters. The highest BCUT2D eigenvalue weighted by Gasteiger charge is 2.05. The van der Waals surface area contributed by atoms with Gasteiger partial charge in [0.25, 0.3) is 0 Å². The van der Waals surface area contributed by atoms with Gasteiger partial charge in [0.1, 0.15) is 5.75 Å². The van der Waals surface area contributed by atoms with Crippen molar-refractivity contribution in [3.63, 3.8) is 0 Å². The molecule has 6 heteroatoms. The Hall–Kier alpha value is -1.14. The number of hydrogen-bond acceptors (Lipinski definition) is 4. The van der Waals surface area contributed by atoms with Crippen molar-refractivity contribution in [2.75, 3.05) is 13.4 Å². The molecule has 0 fully saturated rings. The van der Waals surface area contributed by atoms with Gasteiger partial charge < -0.3 is 4.74 Å². The largest absolute Gasteiger partial charge is 0.496 e. The number of ether oxygens (including phenoxy) is 1. The van der Waals surface area contributed by atoms with Gasteiger partial charge in [0, 0.05) is 24.5 Å². The van der Waals surface area contributed by atoms with E-state index in [1.54, 1.807) is 18.5 Å². The highest BCUT2D eigenvalue weighted by atomic mass is 32.2. The fourth-order valence-electron chi connectivity index (χ4n) is 0.955. The quantitative estimate of drug-likeness (QED) is 0.777. The van der Waals surface area contributed by atoms with Crippen LogP contribution in [-0.2, 0) is 16.6 Å². The molecule has 0 aliphatic rings. The molecule has 0 amide bonds. The highest BCUT2D eigenvalue weighted by molar-refractivity contribution is 7.88. The molecule has 1 heterocycles. The first kappa shape index (κ1) is 10.9. The number of nitrogens with zero attached hydrogens (tertiary/aromatic N) is 1. The third-order valence-corrected chi connectivity index (χ3v) is 2.27. The lowest BCUT2D eigenvalue weighted by molar-refractivity contribution is 0.408. The van der Waals surface area contributed by atoms with Crippen molar-refractivity contribution in [1.82, 2.24) is 9.71 Å². The van der Waals surface area contributed by atoms with Crippen LogP contribution >= 0.6 is 0 Å². The van der Waals surface area contributed by atoms with Crippen molar-refractivity contribution in [3.05, 3.63) is 24.0 Å². The summed E-state index contributed by atoms with van der Waals surface area (Å²) in [6, 6.07) is 1.68. The second kappa shape index (κ2) is 4.39. The zero-order chi connectivity index (χ0) is 10.6. The molecule has 1 aromatic rings. The monoisotopic (exact) mass is 216 g/mol. The van der Waals surface area contributed by atoms with Crippen molar-refractivity contribution in [2.24, 2.45) is 0 Å². The van der Waals surface area contributed by atoms with Crippen LogP contribution in [0.25, 0.3) is 0 Å². The molecule has 78 valence electrons. The molecule has 0 spiro atoms. The third-order valence-electron chi connectivity index (χ3n) is 1.60.